The first kappa shape index (κ1) is 22.5. The number of nitrogens with zero attached hydrogens (tertiary/aromatic N) is 2. The molecule has 2 aliphatic heterocycles. The van der Waals surface area contributed by atoms with E-state index in [1.165, 1.54) is 0 Å². The summed E-state index contributed by atoms with van der Waals surface area (Å²) in [5, 5.41) is 0.638. The Labute approximate surface area is 184 Å². The minimum absolute atomic E-state index is 0.0743. The highest BCUT2D eigenvalue weighted by atomic mass is 35.5. The lowest BCUT2D eigenvalue weighted by atomic mass is 9.84. The predicted octanol–water partition coefficient (Wildman–Crippen LogP) is 5.31. The van der Waals surface area contributed by atoms with Gasteiger partial charge in [0.25, 0.3) is 5.91 Å². The van der Waals surface area contributed by atoms with Crippen molar-refractivity contribution in [3.05, 3.63) is 34.9 Å². The van der Waals surface area contributed by atoms with Crippen molar-refractivity contribution in [2.45, 2.75) is 58.2 Å². The molecule has 1 spiro atoms. The van der Waals surface area contributed by atoms with Gasteiger partial charge in [-0.25, -0.2) is 0 Å². The number of carbonyl (C=O) groups is 2. The van der Waals surface area contributed by atoms with E-state index in [4.69, 9.17) is 11.6 Å². The van der Waals surface area contributed by atoms with Crippen LogP contribution in [-0.4, -0.2) is 51.9 Å². The molecule has 2 aliphatic rings. The fourth-order valence-corrected chi connectivity index (χ4v) is 6.29. The van der Waals surface area contributed by atoms with Gasteiger partial charge in [0.15, 0.2) is 0 Å². The standard InChI is InChI=1S/C23H33ClN2O2S/c1-17(16-22(2,3)4)15-20(27)25-11-9-23(10-12-25)26(13-14-29-23)21(28)18-5-7-19(24)8-6-18/h5-8,17H,9-16H2,1-4H3. The van der Waals surface area contributed by atoms with Crippen LogP contribution in [0, 0.1) is 11.3 Å². The third kappa shape index (κ3) is 5.49. The van der Waals surface area contributed by atoms with E-state index in [-0.39, 0.29) is 22.1 Å². The number of benzene rings is 1. The monoisotopic (exact) mass is 436 g/mol. The van der Waals surface area contributed by atoms with Crippen molar-refractivity contribution in [2.75, 3.05) is 25.4 Å². The molecule has 0 aromatic heterocycles. The van der Waals surface area contributed by atoms with E-state index in [1.807, 2.05) is 21.6 Å². The van der Waals surface area contributed by atoms with Crippen molar-refractivity contribution in [1.29, 1.82) is 0 Å². The van der Waals surface area contributed by atoms with Gasteiger partial charge in [0.2, 0.25) is 5.91 Å². The molecule has 2 heterocycles. The molecule has 6 heteroatoms. The van der Waals surface area contributed by atoms with E-state index in [9.17, 15) is 9.59 Å². The Morgan fingerprint density at radius 3 is 2.34 bits per heavy atom. The number of piperidine rings is 1. The SMILES string of the molecule is CC(CC(=O)N1CCC2(CC1)SCCN2C(=O)c1ccc(Cl)cc1)CC(C)(C)C. The van der Waals surface area contributed by atoms with Crippen LogP contribution in [-0.2, 0) is 4.79 Å². The largest absolute Gasteiger partial charge is 0.342 e. The van der Waals surface area contributed by atoms with Crippen LogP contribution in [0.15, 0.2) is 24.3 Å². The summed E-state index contributed by atoms with van der Waals surface area (Å²) < 4.78 is 0. The normalized spacial score (nSPS) is 20.2. The van der Waals surface area contributed by atoms with E-state index in [1.54, 1.807) is 24.3 Å². The number of halogens is 1. The van der Waals surface area contributed by atoms with Crippen LogP contribution < -0.4 is 0 Å². The number of carbonyl (C=O) groups excluding carboxylic acids is 2. The van der Waals surface area contributed by atoms with E-state index >= 15 is 0 Å². The molecule has 0 N–H and O–H groups in total. The van der Waals surface area contributed by atoms with Crippen molar-refractivity contribution < 1.29 is 9.59 Å². The molecule has 1 atom stereocenters. The molecule has 1 aromatic carbocycles. The second-order valence-electron chi connectivity index (χ2n) is 9.71. The van der Waals surface area contributed by atoms with Crippen LogP contribution in [0.2, 0.25) is 5.02 Å². The van der Waals surface area contributed by atoms with Crippen LogP contribution >= 0.6 is 23.4 Å². The third-order valence-corrected chi connectivity index (χ3v) is 7.70. The van der Waals surface area contributed by atoms with Gasteiger partial charge in [-0.3, -0.25) is 9.59 Å². The molecule has 0 radical (unpaired) electrons. The highest BCUT2D eigenvalue weighted by Crippen LogP contribution is 2.44. The average molecular weight is 437 g/mol. The first-order chi connectivity index (χ1) is 13.6. The number of likely N-dealkylation sites (tertiary alicyclic amines) is 1. The van der Waals surface area contributed by atoms with Crippen LogP contribution in [0.1, 0.15) is 63.7 Å². The highest BCUT2D eigenvalue weighted by Gasteiger charge is 2.47. The lowest BCUT2D eigenvalue weighted by Crippen LogP contribution is -2.53. The number of rotatable bonds is 4. The van der Waals surface area contributed by atoms with Gasteiger partial charge in [-0.2, -0.15) is 0 Å². The Hall–Kier alpha value is -1.20. The summed E-state index contributed by atoms with van der Waals surface area (Å²) in [6.07, 6.45) is 3.35. The van der Waals surface area contributed by atoms with E-state index in [0.29, 0.717) is 22.9 Å². The molecule has 2 fully saturated rings. The molecule has 3 rings (SSSR count). The molecule has 0 aliphatic carbocycles. The first-order valence-electron chi connectivity index (χ1n) is 10.6. The summed E-state index contributed by atoms with van der Waals surface area (Å²) in [7, 11) is 0. The van der Waals surface area contributed by atoms with Gasteiger partial charge >= 0.3 is 0 Å². The minimum Gasteiger partial charge on any atom is -0.342 e. The minimum atomic E-state index is -0.176. The highest BCUT2D eigenvalue weighted by molar-refractivity contribution is 8.00. The Bertz CT molecular complexity index is 736. The summed E-state index contributed by atoms with van der Waals surface area (Å²) in [6.45, 7) is 11.1. The fourth-order valence-electron chi connectivity index (χ4n) is 4.71. The quantitative estimate of drug-likeness (QED) is 0.642. The molecule has 1 aromatic rings. The molecule has 0 bridgehead atoms. The summed E-state index contributed by atoms with van der Waals surface area (Å²) in [5.41, 5.74) is 0.931. The number of thioether (sulfide) groups is 1. The maximum atomic E-state index is 13.1. The third-order valence-electron chi connectivity index (χ3n) is 5.90. The summed E-state index contributed by atoms with van der Waals surface area (Å²) in [4.78, 5) is 29.8. The zero-order valence-electron chi connectivity index (χ0n) is 18.0. The van der Waals surface area contributed by atoms with Crippen molar-refractivity contribution in [3.8, 4) is 0 Å². The fraction of sp³-hybridized carbons (Fsp3) is 0.652. The lowest BCUT2D eigenvalue weighted by molar-refractivity contribution is -0.133. The molecular weight excluding hydrogens is 404 g/mol. The maximum absolute atomic E-state index is 13.1. The van der Waals surface area contributed by atoms with Crippen LogP contribution in [0.5, 0.6) is 0 Å². The van der Waals surface area contributed by atoms with Gasteiger partial charge in [-0.05, 0) is 54.9 Å². The molecule has 4 nitrogen and oxygen atoms in total. The van der Waals surface area contributed by atoms with E-state index < -0.39 is 0 Å². The van der Waals surface area contributed by atoms with Crippen LogP contribution in [0.4, 0.5) is 0 Å². The molecule has 2 amide bonds. The van der Waals surface area contributed by atoms with E-state index in [2.05, 4.69) is 27.7 Å². The van der Waals surface area contributed by atoms with Crippen LogP contribution in [0.25, 0.3) is 0 Å². The Balaban J connectivity index is 1.60. The summed E-state index contributed by atoms with van der Waals surface area (Å²) in [6, 6.07) is 7.14. The summed E-state index contributed by atoms with van der Waals surface area (Å²) >= 11 is 7.85. The Morgan fingerprint density at radius 1 is 1.14 bits per heavy atom. The molecule has 29 heavy (non-hydrogen) atoms. The smallest absolute Gasteiger partial charge is 0.254 e. The molecule has 1 unspecified atom stereocenters. The number of amides is 2. The topological polar surface area (TPSA) is 40.6 Å². The van der Waals surface area contributed by atoms with Gasteiger partial charge in [-0.15, -0.1) is 11.8 Å². The zero-order valence-corrected chi connectivity index (χ0v) is 19.6. The van der Waals surface area contributed by atoms with Gasteiger partial charge in [0.1, 0.15) is 0 Å². The molecule has 0 saturated carbocycles. The van der Waals surface area contributed by atoms with Gasteiger partial charge in [-0.1, -0.05) is 39.3 Å². The maximum Gasteiger partial charge on any atom is 0.254 e. The predicted molar refractivity (Wildman–Crippen MR) is 121 cm³/mol. The Morgan fingerprint density at radius 2 is 1.76 bits per heavy atom. The number of hydrogen-bond donors (Lipinski definition) is 0. The average Bonchev–Trinajstić information content (AvgIpc) is 3.03. The van der Waals surface area contributed by atoms with Gasteiger partial charge < -0.3 is 9.80 Å². The second-order valence-corrected chi connectivity index (χ2v) is 11.6. The zero-order chi connectivity index (χ0) is 21.2. The second kappa shape index (κ2) is 8.89. The van der Waals surface area contributed by atoms with Gasteiger partial charge in [0, 0.05) is 42.4 Å². The van der Waals surface area contributed by atoms with Crippen molar-refractivity contribution >= 4 is 35.2 Å². The van der Waals surface area contributed by atoms with Crippen molar-refractivity contribution in [3.63, 3.8) is 0 Å². The van der Waals surface area contributed by atoms with Crippen molar-refractivity contribution in [1.82, 2.24) is 9.80 Å². The van der Waals surface area contributed by atoms with Crippen molar-refractivity contribution in [2.24, 2.45) is 11.3 Å². The lowest BCUT2D eigenvalue weighted by Gasteiger charge is -2.44. The Kier molecular flexibility index (Phi) is 6.89. The summed E-state index contributed by atoms with van der Waals surface area (Å²) in [5.74, 6) is 1.68. The van der Waals surface area contributed by atoms with Gasteiger partial charge in [0.05, 0.1) is 4.87 Å². The first-order valence-corrected chi connectivity index (χ1v) is 12.0. The molecular formula is C23H33ClN2O2S. The van der Waals surface area contributed by atoms with Crippen LogP contribution in [0.3, 0.4) is 0 Å². The van der Waals surface area contributed by atoms with E-state index in [0.717, 1.165) is 44.6 Å². The number of hydrogen-bond acceptors (Lipinski definition) is 3. The molecule has 160 valence electrons. The molecule has 2 saturated heterocycles.